The highest BCUT2D eigenvalue weighted by molar-refractivity contribution is 5.94. The summed E-state index contributed by atoms with van der Waals surface area (Å²) in [4.78, 5) is 14.2. The number of carbonyl (C=O) groups is 1. The van der Waals surface area contributed by atoms with Crippen molar-refractivity contribution in [3.8, 4) is 0 Å². The molecule has 4 heteroatoms. The first-order valence-electron chi connectivity index (χ1n) is 6.46. The molecule has 98 valence electrons. The lowest BCUT2D eigenvalue weighted by atomic mass is 9.91. The van der Waals surface area contributed by atoms with Crippen LogP contribution in [-0.4, -0.2) is 42.2 Å². The Morgan fingerprint density at radius 2 is 2.06 bits per heavy atom. The summed E-state index contributed by atoms with van der Waals surface area (Å²) in [6.07, 6.45) is 3.29. The van der Waals surface area contributed by atoms with Crippen molar-refractivity contribution in [1.82, 2.24) is 4.90 Å². The second-order valence-corrected chi connectivity index (χ2v) is 4.63. The summed E-state index contributed by atoms with van der Waals surface area (Å²) < 4.78 is 0. The molecule has 0 saturated heterocycles. The van der Waals surface area contributed by atoms with Gasteiger partial charge in [0.25, 0.3) is 5.91 Å². The van der Waals surface area contributed by atoms with E-state index < -0.39 is 0 Å². The highest BCUT2D eigenvalue weighted by atomic mass is 16.3. The first-order valence-corrected chi connectivity index (χ1v) is 6.46. The lowest BCUT2D eigenvalue weighted by Gasteiger charge is -2.37. The van der Waals surface area contributed by atoms with Crippen LogP contribution in [0.3, 0.4) is 0 Å². The van der Waals surface area contributed by atoms with Gasteiger partial charge in [0.05, 0.1) is 6.61 Å². The molecule has 0 unspecified atom stereocenters. The third-order valence-corrected chi connectivity index (χ3v) is 3.54. The van der Waals surface area contributed by atoms with Crippen LogP contribution in [-0.2, 0) is 0 Å². The maximum Gasteiger partial charge on any atom is 0.254 e. The predicted octanol–water partition coefficient (Wildman–Crippen LogP) is 1.72. The van der Waals surface area contributed by atoms with Crippen molar-refractivity contribution in [3.05, 3.63) is 29.8 Å². The fourth-order valence-corrected chi connectivity index (χ4v) is 2.20. The molecule has 4 nitrogen and oxygen atoms in total. The van der Waals surface area contributed by atoms with Gasteiger partial charge >= 0.3 is 0 Å². The molecular formula is C14H20N2O2. The maximum atomic E-state index is 12.4. The molecule has 0 atom stereocenters. The van der Waals surface area contributed by atoms with Gasteiger partial charge in [-0.05, 0) is 43.5 Å². The van der Waals surface area contributed by atoms with Crippen LogP contribution in [0.4, 0.5) is 5.69 Å². The second-order valence-electron chi connectivity index (χ2n) is 4.63. The smallest absolute Gasteiger partial charge is 0.254 e. The largest absolute Gasteiger partial charge is 0.395 e. The average Bonchev–Trinajstić information content (AvgIpc) is 2.35. The number of benzene rings is 1. The van der Waals surface area contributed by atoms with Crippen molar-refractivity contribution in [3.63, 3.8) is 0 Å². The van der Waals surface area contributed by atoms with E-state index in [1.807, 2.05) is 31.3 Å². The monoisotopic (exact) mass is 248 g/mol. The van der Waals surface area contributed by atoms with Gasteiger partial charge < -0.3 is 15.3 Å². The number of nitrogens with one attached hydrogen (secondary N) is 1. The van der Waals surface area contributed by atoms with Crippen LogP contribution in [0.15, 0.2) is 24.3 Å². The minimum atomic E-state index is 0.0244. The molecule has 1 aromatic carbocycles. The van der Waals surface area contributed by atoms with Crippen molar-refractivity contribution in [2.75, 3.05) is 25.5 Å². The number of aliphatic hydroxyl groups excluding tert-OH is 1. The molecule has 1 aliphatic rings. The van der Waals surface area contributed by atoms with Crippen LogP contribution < -0.4 is 5.32 Å². The Morgan fingerprint density at radius 3 is 2.50 bits per heavy atom. The molecule has 0 radical (unpaired) electrons. The number of carbonyl (C=O) groups excluding carboxylic acids is 1. The summed E-state index contributed by atoms with van der Waals surface area (Å²) in [7, 11) is 1.85. The number of hydrogen-bond donors (Lipinski definition) is 2. The van der Waals surface area contributed by atoms with Crippen LogP contribution >= 0.6 is 0 Å². The normalized spacial score (nSPS) is 15.0. The Hall–Kier alpha value is -1.55. The molecule has 1 fully saturated rings. The van der Waals surface area contributed by atoms with Crippen LogP contribution in [0.1, 0.15) is 29.6 Å². The summed E-state index contributed by atoms with van der Waals surface area (Å²) in [5.41, 5.74) is 1.68. The summed E-state index contributed by atoms with van der Waals surface area (Å²) in [6, 6.07) is 7.76. The quantitative estimate of drug-likeness (QED) is 0.834. The zero-order chi connectivity index (χ0) is 13.0. The van der Waals surface area contributed by atoms with Crippen LogP contribution in [0.5, 0.6) is 0 Å². The van der Waals surface area contributed by atoms with Crippen molar-refractivity contribution in [1.29, 1.82) is 0 Å². The molecule has 0 heterocycles. The molecule has 1 aliphatic carbocycles. The number of hydrogen-bond acceptors (Lipinski definition) is 3. The van der Waals surface area contributed by atoms with Gasteiger partial charge in [0.15, 0.2) is 0 Å². The first-order chi connectivity index (χ1) is 8.76. The van der Waals surface area contributed by atoms with Gasteiger partial charge in [0.1, 0.15) is 0 Å². The first kappa shape index (κ1) is 12.9. The van der Waals surface area contributed by atoms with E-state index in [1.165, 1.54) is 6.42 Å². The van der Waals surface area contributed by atoms with Gasteiger partial charge in [-0.2, -0.15) is 0 Å². The van der Waals surface area contributed by atoms with E-state index in [0.717, 1.165) is 18.5 Å². The van der Waals surface area contributed by atoms with E-state index in [2.05, 4.69) is 5.32 Å². The maximum absolute atomic E-state index is 12.4. The summed E-state index contributed by atoms with van der Waals surface area (Å²) in [6.45, 7) is 0.452. The van der Waals surface area contributed by atoms with E-state index in [1.54, 1.807) is 4.90 Å². The third-order valence-electron chi connectivity index (χ3n) is 3.54. The predicted molar refractivity (Wildman–Crippen MR) is 71.8 cm³/mol. The van der Waals surface area contributed by atoms with Crippen molar-refractivity contribution >= 4 is 11.6 Å². The third kappa shape index (κ3) is 2.64. The molecule has 1 saturated carbocycles. The van der Waals surface area contributed by atoms with Gasteiger partial charge in [0, 0.05) is 30.9 Å². The fourth-order valence-electron chi connectivity index (χ4n) is 2.20. The molecule has 1 aromatic rings. The highest BCUT2D eigenvalue weighted by Crippen LogP contribution is 2.26. The Balaban J connectivity index is 2.10. The Bertz CT molecular complexity index is 399. The number of nitrogens with zero attached hydrogens (tertiary/aromatic N) is 1. The van der Waals surface area contributed by atoms with E-state index >= 15 is 0 Å². The zero-order valence-corrected chi connectivity index (χ0v) is 10.7. The summed E-state index contributed by atoms with van der Waals surface area (Å²) in [5, 5.41) is 12.1. The molecule has 18 heavy (non-hydrogen) atoms. The molecule has 0 aromatic heterocycles. The van der Waals surface area contributed by atoms with Gasteiger partial charge in [-0.3, -0.25) is 4.79 Å². The molecular weight excluding hydrogens is 228 g/mol. The SMILES string of the molecule is CNc1ccc(C(=O)N(CCO)C2CCC2)cc1. The summed E-state index contributed by atoms with van der Waals surface area (Å²) >= 11 is 0. The standard InChI is InChI=1S/C14H20N2O2/c1-15-12-7-5-11(6-8-12)14(18)16(9-10-17)13-3-2-4-13/h5-8,13,15,17H,2-4,9-10H2,1H3. The van der Waals surface area contributed by atoms with Crippen LogP contribution in [0.25, 0.3) is 0 Å². The number of aliphatic hydroxyl groups is 1. The minimum Gasteiger partial charge on any atom is -0.395 e. The summed E-state index contributed by atoms with van der Waals surface area (Å²) in [5.74, 6) is 0.0244. The minimum absolute atomic E-state index is 0.0244. The van der Waals surface area contributed by atoms with Gasteiger partial charge in [-0.1, -0.05) is 0 Å². The van der Waals surface area contributed by atoms with Crippen molar-refractivity contribution in [2.24, 2.45) is 0 Å². The Kier molecular flexibility index (Phi) is 4.20. The molecule has 0 bridgehead atoms. The van der Waals surface area contributed by atoms with Crippen LogP contribution in [0.2, 0.25) is 0 Å². The Morgan fingerprint density at radius 1 is 1.39 bits per heavy atom. The van der Waals surface area contributed by atoms with E-state index in [9.17, 15) is 4.79 Å². The number of rotatable bonds is 5. The van der Waals surface area contributed by atoms with Crippen molar-refractivity contribution in [2.45, 2.75) is 25.3 Å². The Labute approximate surface area is 108 Å². The second kappa shape index (κ2) is 5.87. The lowest BCUT2D eigenvalue weighted by Crippen LogP contribution is -2.45. The van der Waals surface area contributed by atoms with Crippen molar-refractivity contribution < 1.29 is 9.90 Å². The molecule has 1 amide bonds. The van der Waals surface area contributed by atoms with Gasteiger partial charge in [-0.25, -0.2) is 0 Å². The van der Waals surface area contributed by atoms with E-state index in [4.69, 9.17) is 5.11 Å². The number of amides is 1. The molecule has 2 N–H and O–H groups in total. The molecule has 0 spiro atoms. The van der Waals surface area contributed by atoms with Crippen LogP contribution in [0, 0.1) is 0 Å². The average molecular weight is 248 g/mol. The molecule has 0 aliphatic heterocycles. The topological polar surface area (TPSA) is 52.6 Å². The van der Waals surface area contributed by atoms with E-state index in [0.29, 0.717) is 18.2 Å². The fraction of sp³-hybridized carbons (Fsp3) is 0.500. The zero-order valence-electron chi connectivity index (χ0n) is 10.7. The highest BCUT2D eigenvalue weighted by Gasteiger charge is 2.28. The number of anilines is 1. The molecule has 2 rings (SSSR count). The van der Waals surface area contributed by atoms with Gasteiger partial charge in [0.2, 0.25) is 0 Å². The lowest BCUT2D eigenvalue weighted by molar-refractivity contribution is 0.0526. The van der Waals surface area contributed by atoms with Gasteiger partial charge in [-0.15, -0.1) is 0 Å². The van der Waals surface area contributed by atoms with E-state index in [-0.39, 0.29) is 12.5 Å².